The smallest absolute Gasteiger partial charge is 0.299 e. The number of nitrogens with zero attached hydrogens (tertiary/aromatic N) is 1. The lowest BCUT2D eigenvalue weighted by atomic mass is 9.54. The molecule has 0 heterocycles. The van der Waals surface area contributed by atoms with Crippen molar-refractivity contribution >= 4 is 27.7 Å². The van der Waals surface area contributed by atoms with Crippen LogP contribution in [0.15, 0.2) is 18.2 Å². The largest absolute Gasteiger partial charge is 0.366 e. The SMILES string of the molecule is CCCCCC(=O)N(c1ccc2c(c1)CC[C@@H]1[C@@H]2CC[C@]2(CC)C(=O)CC[C@@H]12)S(=O)(=O)O. The zero-order chi connectivity index (χ0) is 23.1. The zero-order valence-electron chi connectivity index (χ0n) is 19.2. The van der Waals surface area contributed by atoms with Crippen molar-refractivity contribution in [3.05, 3.63) is 29.3 Å². The van der Waals surface area contributed by atoms with Crippen molar-refractivity contribution in [2.75, 3.05) is 4.31 Å². The van der Waals surface area contributed by atoms with Crippen LogP contribution in [0.5, 0.6) is 0 Å². The molecule has 4 rings (SSSR count). The minimum Gasteiger partial charge on any atom is -0.299 e. The number of rotatable bonds is 7. The Kier molecular flexibility index (Phi) is 6.52. The van der Waals surface area contributed by atoms with E-state index in [4.69, 9.17) is 0 Å². The summed E-state index contributed by atoms with van der Waals surface area (Å²) in [7, 11) is -4.69. The number of hydrogen-bond acceptors (Lipinski definition) is 4. The number of ketones is 1. The summed E-state index contributed by atoms with van der Waals surface area (Å²) in [5.41, 5.74) is 2.38. The first-order valence-corrected chi connectivity index (χ1v) is 13.6. The third-order valence-corrected chi connectivity index (χ3v) is 9.35. The van der Waals surface area contributed by atoms with Crippen molar-refractivity contribution in [1.29, 1.82) is 0 Å². The lowest BCUT2D eigenvalue weighted by molar-refractivity contribution is -0.131. The van der Waals surface area contributed by atoms with E-state index in [2.05, 4.69) is 6.92 Å². The molecule has 2 saturated carbocycles. The highest BCUT2D eigenvalue weighted by Crippen LogP contribution is 2.61. The molecule has 0 radical (unpaired) electrons. The zero-order valence-corrected chi connectivity index (χ0v) is 20.0. The summed E-state index contributed by atoms with van der Waals surface area (Å²) in [6.07, 6.45) is 8.76. The summed E-state index contributed by atoms with van der Waals surface area (Å²) in [6, 6.07) is 5.39. The Bertz CT molecular complexity index is 1000. The summed E-state index contributed by atoms with van der Waals surface area (Å²) < 4.78 is 34.5. The monoisotopic (exact) mass is 461 g/mol. The number of amides is 1. The van der Waals surface area contributed by atoms with Gasteiger partial charge in [-0.05, 0) is 86.0 Å². The molecule has 0 unspecified atom stereocenters. The van der Waals surface area contributed by atoms with Crippen molar-refractivity contribution in [2.45, 2.75) is 90.4 Å². The Morgan fingerprint density at radius 2 is 1.94 bits per heavy atom. The second-order valence-corrected chi connectivity index (χ2v) is 11.2. The van der Waals surface area contributed by atoms with Gasteiger partial charge in [-0.25, -0.2) is 0 Å². The topological polar surface area (TPSA) is 91.8 Å². The molecule has 0 aromatic heterocycles. The van der Waals surface area contributed by atoms with Crippen molar-refractivity contribution in [1.82, 2.24) is 0 Å². The molecule has 32 heavy (non-hydrogen) atoms. The van der Waals surface area contributed by atoms with Crippen LogP contribution in [-0.2, 0) is 26.3 Å². The summed E-state index contributed by atoms with van der Waals surface area (Å²) in [5, 5.41) is 0. The van der Waals surface area contributed by atoms with Crippen molar-refractivity contribution < 1.29 is 22.6 Å². The maximum absolute atomic E-state index is 12.7. The molecule has 4 atom stereocenters. The van der Waals surface area contributed by atoms with Crippen LogP contribution in [0.2, 0.25) is 0 Å². The number of carbonyl (C=O) groups is 2. The van der Waals surface area contributed by atoms with Crippen molar-refractivity contribution in [2.24, 2.45) is 17.3 Å². The van der Waals surface area contributed by atoms with Gasteiger partial charge in [0.25, 0.3) is 0 Å². The predicted octanol–water partition coefficient (Wildman–Crippen LogP) is 5.22. The molecule has 1 N–H and O–H groups in total. The highest BCUT2D eigenvalue weighted by Gasteiger charge is 2.56. The average Bonchev–Trinajstić information content (AvgIpc) is 3.09. The Hall–Kier alpha value is -1.73. The molecular weight excluding hydrogens is 426 g/mol. The van der Waals surface area contributed by atoms with E-state index < -0.39 is 16.2 Å². The Morgan fingerprint density at radius 1 is 1.16 bits per heavy atom. The maximum Gasteiger partial charge on any atom is 0.366 e. The second-order valence-electron chi connectivity index (χ2n) is 9.90. The van der Waals surface area contributed by atoms with Gasteiger partial charge in [0.15, 0.2) is 0 Å². The molecule has 6 nitrogen and oxygen atoms in total. The number of aryl methyl sites for hydroxylation is 1. The van der Waals surface area contributed by atoms with Gasteiger partial charge >= 0.3 is 10.3 Å². The van der Waals surface area contributed by atoms with Crippen LogP contribution in [0.1, 0.15) is 95.1 Å². The van der Waals surface area contributed by atoms with Gasteiger partial charge in [0.1, 0.15) is 5.78 Å². The molecule has 1 aromatic carbocycles. The molecule has 2 fully saturated rings. The van der Waals surface area contributed by atoms with Crippen LogP contribution < -0.4 is 4.31 Å². The predicted molar refractivity (Wildman–Crippen MR) is 124 cm³/mol. The van der Waals surface area contributed by atoms with Gasteiger partial charge in [-0.3, -0.25) is 14.1 Å². The number of anilines is 1. The highest BCUT2D eigenvalue weighted by molar-refractivity contribution is 7.88. The standard InChI is InChI=1S/C25H35NO5S/c1-3-5-6-7-24(28)26(32(29,30)31)18-9-11-19-17(16-18)8-10-21-20(19)14-15-25(4-2)22(21)12-13-23(25)27/h9,11,16,20-22H,3-8,10,12-15H2,1-2H3,(H,29,30,31)/t20-,21-,22+,25+/m1/s1. The second kappa shape index (κ2) is 8.90. The first-order chi connectivity index (χ1) is 15.2. The summed E-state index contributed by atoms with van der Waals surface area (Å²) in [4.78, 5) is 25.4. The number of unbranched alkanes of at least 4 members (excludes halogenated alkanes) is 2. The van der Waals surface area contributed by atoms with Crippen molar-refractivity contribution in [3.63, 3.8) is 0 Å². The fourth-order valence-electron chi connectivity index (χ4n) is 6.95. The van der Waals surface area contributed by atoms with E-state index >= 15 is 0 Å². The number of fused-ring (bicyclic) bond motifs is 5. The minimum atomic E-state index is -4.69. The van der Waals surface area contributed by atoms with E-state index in [9.17, 15) is 22.6 Å². The molecule has 7 heteroatoms. The van der Waals surface area contributed by atoms with Gasteiger partial charge in [0.05, 0.1) is 5.69 Å². The summed E-state index contributed by atoms with van der Waals surface area (Å²) in [5.74, 6) is 1.17. The average molecular weight is 462 g/mol. The van der Waals surface area contributed by atoms with E-state index in [0.29, 0.717) is 40.7 Å². The van der Waals surface area contributed by atoms with E-state index in [-0.39, 0.29) is 17.5 Å². The number of carbonyl (C=O) groups excluding carboxylic acids is 2. The lowest BCUT2D eigenvalue weighted by Crippen LogP contribution is -2.44. The molecule has 1 amide bonds. The molecule has 0 spiro atoms. The quantitative estimate of drug-likeness (QED) is 0.444. The molecule has 176 valence electrons. The Labute approximate surface area is 191 Å². The minimum absolute atomic E-state index is 0.0875. The molecule has 0 aliphatic heterocycles. The summed E-state index contributed by atoms with van der Waals surface area (Å²) >= 11 is 0. The number of hydrogen-bond donors (Lipinski definition) is 1. The van der Waals surface area contributed by atoms with Crippen LogP contribution in [0.4, 0.5) is 5.69 Å². The van der Waals surface area contributed by atoms with Crippen LogP contribution in [0.25, 0.3) is 0 Å². The number of benzene rings is 1. The van der Waals surface area contributed by atoms with Crippen molar-refractivity contribution in [3.8, 4) is 0 Å². The lowest BCUT2D eigenvalue weighted by Gasteiger charge is -2.49. The van der Waals surface area contributed by atoms with Gasteiger partial charge in [0.2, 0.25) is 5.91 Å². The van der Waals surface area contributed by atoms with Crippen LogP contribution in [0, 0.1) is 17.3 Å². The number of Topliss-reactive ketones (excluding diaryl/α,β-unsaturated/α-hetero) is 1. The molecule has 3 aliphatic carbocycles. The Balaban J connectivity index is 1.61. The van der Waals surface area contributed by atoms with E-state index in [0.717, 1.165) is 56.9 Å². The fourth-order valence-corrected chi connectivity index (χ4v) is 7.68. The van der Waals surface area contributed by atoms with Gasteiger partial charge < -0.3 is 0 Å². The third kappa shape index (κ3) is 3.92. The summed E-state index contributed by atoms with van der Waals surface area (Å²) in [6.45, 7) is 4.17. The first-order valence-electron chi connectivity index (χ1n) is 12.2. The van der Waals surface area contributed by atoms with E-state index in [1.54, 1.807) is 12.1 Å². The van der Waals surface area contributed by atoms with Crippen LogP contribution in [-0.4, -0.2) is 24.7 Å². The molecular formula is C25H35NO5S. The van der Waals surface area contributed by atoms with Crippen LogP contribution in [0.3, 0.4) is 0 Å². The molecule has 1 aromatic rings. The van der Waals surface area contributed by atoms with E-state index in [1.807, 2.05) is 13.0 Å². The highest BCUT2D eigenvalue weighted by atomic mass is 32.2. The Morgan fingerprint density at radius 3 is 2.62 bits per heavy atom. The molecule has 0 bridgehead atoms. The maximum atomic E-state index is 12.7. The molecule has 3 aliphatic rings. The van der Waals surface area contributed by atoms with Crippen LogP contribution >= 0.6 is 0 Å². The third-order valence-electron chi connectivity index (χ3n) is 8.47. The fraction of sp³-hybridized carbons (Fsp3) is 0.680. The van der Waals surface area contributed by atoms with E-state index in [1.165, 1.54) is 5.56 Å². The van der Waals surface area contributed by atoms with Gasteiger partial charge in [-0.1, -0.05) is 32.8 Å². The van der Waals surface area contributed by atoms with Gasteiger partial charge in [0, 0.05) is 18.3 Å². The normalized spacial score (nSPS) is 29.2. The molecule has 0 saturated heterocycles. The van der Waals surface area contributed by atoms with Gasteiger partial charge in [-0.15, -0.1) is 0 Å². The first kappa shape index (κ1) is 23.4. The van der Waals surface area contributed by atoms with Gasteiger partial charge in [-0.2, -0.15) is 12.7 Å².